The van der Waals surface area contributed by atoms with Gasteiger partial charge in [0.2, 0.25) is 0 Å². The SMILES string of the molecule is CC.Cc1cnccc1CN1CCC2(CC1)OCCc1cc(Cl)sc12. The average Bonchev–Trinajstić information content (AvgIpc) is 3.03. The third kappa shape index (κ3) is 3.92. The zero-order valence-corrected chi connectivity index (χ0v) is 16.9. The molecule has 0 bridgehead atoms. The van der Waals surface area contributed by atoms with E-state index in [1.54, 1.807) is 11.3 Å². The fourth-order valence-corrected chi connectivity index (χ4v) is 5.25. The molecule has 2 aliphatic heterocycles. The number of piperidine rings is 1. The Bertz CT molecular complexity index is 707. The average molecular weight is 379 g/mol. The molecule has 4 heterocycles. The van der Waals surface area contributed by atoms with Crippen molar-refractivity contribution in [1.29, 1.82) is 0 Å². The first-order chi connectivity index (χ1) is 12.2. The summed E-state index contributed by atoms with van der Waals surface area (Å²) in [5.74, 6) is 0. The lowest BCUT2D eigenvalue weighted by Gasteiger charge is -2.43. The topological polar surface area (TPSA) is 25.4 Å². The highest BCUT2D eigenvalue weighted by Gasteiger charge is 2.42. The quantitative estimate of drug-likeness (QED) is 0.718. The molecule has 1 spiro atoms. The second-order valence-corrected chi connectivity index (χ2v) is 8.26. The first kappa shape index (κ1) is 18.8. The van der Waals surface area contributed by atoms with Crippen LogP contribution in [0.25, 0.3) is 0 Å². The Morgan fingerprint density at radius 3 is 2.80 bits per heavy atom. The van der Waals surface area contributed by atoms with Crippen LogP contribution in [0, 0.1) is 6.92 Å². The number of hydrogen-bond acceptors (Lipinski definition) is 4. The standard InChI is InChI=1S/C18H21ClN2OS.C2H6/c1-13-11-20-6-2-15(13)12-21-7-4-18(5-8-21)17-14(3-9-22-18)10-16(19)23-17;1-2/h2,6,10-11H,3-5,7-9,12H2,1H3;1-2H3. The minimum absolute atomic E-state index is 0.0881. The molecule has 0 aromatic carbocycles. The Hall–Kier alpha value is -0.940. The minimum atomic E-state index is -0.0881. The Labute approximate surface area is 160 Å². The fourth-order valence-electron chi connectivity index (χ4n) is 3.75. The molecule has 0 atom stereocenters. The van der Waals surface area contributed by atoms with Crippen molar-refractivity contribution in [3.05, 3.63) is 50.4 Å². The fraction of sp³-hybridized carbons (Fsp3) is 0.550. The van der Waals surface area contributed by atoms with E-state index in [4.69, 9.17) is 16.3 Å². The first-order valence-electron chi connectivity index (χ1n) is 9.21. The summed E-state index contributed by atoms with van der Waals surface area (Å²) in [5.41, 5.74) is 3.97. The smallest absolute Gasteiger partial charge is 0.105 e. The molecular formula is C20H27ClN2OS. The molecule has 0 radical (unpaired) electrons. The molecule has 1 fully saturated rings. The predicted octanol–water partition coefficient (Wildman–Crippen LogP) is 5.20. The summed E-state index contributed by atoms with van der Waals surface area (Å²) in [5, 5.41) is 0. The summed E-state index contributed by atoms with van der Waals surface area (Å²) in [7, 11) is 0. The molecule has 0 amide bonds. The van der Waals surface area contributed by atoms with Gasteiger partial charge in [0, 0.05) is 36.9 Å². The van der Waals surface area contributed by atoms with Crippen LogP contribution in [0.15, 0.2) is 24.5 Å². The van der Waals surface area contributed by atoms with Crippen LogP contribution in [-0.4, -0.2) is 29.6 Å². The number of nitrogens with zero attached hydrogens (tertiary/aromatic N) is 2. The molecule has 5 heteroatoms. The van der Waals surface area contributed by atoms with Gasteiger partial charge in [-0.25, -0.2) is 0 Å². The molecule has 2 aromatic rings. The monoisotopic (exact) mass is 378 g/mol. The normalized spacial score (nSPS) is 19.2. The molecule has 0 aliphatic carbocycles. The number of hydrogen-bond donors (Lipinski definition) is 0. The molecule has 1 saturated heterocycles. The van der Waals surface area contributed by atoms with Crippen molar-refractivity contribution in [3.8, 4) is 0 Å². The molecule has 0 unspecified atom stereocenters. The number of fused-ring (bicyclic) bond motifs is 2. The molecule has 3 nitrogen and oxygen atoms in total. The van der Waals surface area contributed by atoms with Gasteiger partial charge in [0.1, 0.15) is 5.60 Å². The third-order valence-corrected chi connectivity index (χ3v) is 6.63. The van der Waals surface area contributed by atoms with Gasteiger partial charge in [-0.15, -0.1) is 11.3 Å². The van der Waals surface area contributed by atoms with E-state index in [1.165, 1.54) is 21.6 Å². The molecule has 136 valence electrons. The van der Waals surface area contributed by atoms with Gasteiger partial charge in [-0.1, -0.05) is 25.4 Å². The highest BCUT2D eigenvalue weighted by Crippen LogP contribution is 2.46. The van der Waals surface area contributed by atoms with Crippen molar-refractivity contribution in [2.75, 3.05) is 19.7 Å². The van der Waals surface area contributed by atoms with Crippen molar-refractivity contribution < 1.29 is 4.74 Å². The lowest BCUT2D eigenvalue weighted by Crippen LogP contribution is -2.45. The van der Waals surface area contributed by atoms with Crippen LogP contribution in [0.2, 0.25) is 4.34 Å². The van der Waals surface area contributed by atoms with Crippen LogP contribution in [0.1, 0.15) is 48.3 Å². The molecule has 0 N–H and O–H groups in total. The lowest BCUT2D eigenvalue weighted by molar-refractivity contribution is -0.0960. The number of likely N-dealkylation sites (tertiary alicyclic amines) is 1. The van der Waals surface area contributed by atoms with Crippen LogP contribution in [0.4, 0.5) is 0 Å². The third-order valence-electron chi connectivity index (χ3n) is 5.14. The maximum atomic E-state index is 6.28. The van der Waals surface area contributed by atoms with Crippen LogP contribution >= 0.6 is 22.9 Å². The van der Waals surface area contributed by atoms with E-state index >= 15 is 0 Å². The summed E-state index contributed by atoms with van der Waals surface area (Å²) < 4.78 is 7.18. The van der Waals surface area contributed by atoms with Gasteiger partial charge in [-0.05, 0) is 55.0 Å². The molecule has 4 rings (SSSR count). The number of rotatable bonds is 2. The van der Waals surface area contributed by atoms with E-state index in [0.717, 1.165) is 49.8 Å². The van der Waals surface area contributed by atoms with Crippen molar-refractivity contribution >= 4 is 22.9 Å². The van der Waals surface area contributed by atoms with Crippen molar-refractivity contribution in [2.45, 2.75) is 52.2 Å². The van der Waals surface area contributed by atoms with Gasteiger partial charge in [0.15, 0.2) is 0 Å². The molecular weight excluding hydrogens is 352 g/mol. The van der Waals surface area contributed by atoms with Crippen molar-refractivity contribution in [2.24, 2.45) is 0 Å². The summed E-state index contributed by atoms with van der Waals surface area (Å²) in [6.07, 6.45) is 6.95. The molecule has 25 heavy (non-hydrogen) atoms. The van der Waals surface area contributed by atoms with Gasteiger partial charge in [-0.3, -0.25) is 9.88 Å². The molecule has 2 aliphatic rings. The predicted molar refractivity (Wildman–Crippen MR) is 105 cm³/mol. The second-order valence-electron chi connectivity index (χ2n) is 6.58. The Kier molecular flexibility index (Phi) is 6.16. The number of aryl methyl sites for hydroxylation is 1. The zero-order valence-electron chi connectivity index (χ0n) is 15.3. The summed E-state index contributed by atoms with van der Waals surface area (Å²) in [6, 6.07) is 4.27. The Morgan fingerprint density at radius 1 is 1.32 bits per heavy atom. The van der Waals surface area contributed by atoms with Crippen LogP contribution in [-0.2, 0) is 23.3 Å². The summed E-state index contributed by atoms with van der Waals surface area (Å²) in [6.45, 7) is 10.1. The maximum absolute atomic E-state index is 6.28. The van der Waals surface area contributed by atoms with E-state index in [9.17, 15) is 0 Å². The molecule has 0 saturated carbocycles. The van der Waals surface area contributed by atoms with E-state index in [2.05, 4.69) is 28.9 Å². The highest BCUT2D eigenvalue weighted by atomic mass is 35.5. The Morgan fingerprint density at radius 2 is 2.08 bits per heavy atom. The van der Waals surface area contributed by atoms with Gasteiger partial charge < -0.3 is 4.74 Å². The van der Waals surface area contributed by atoms with Gasteiger partial charge in [0.05, 0.1) is 10.9 Å². The van der Waals surface area contributed by atoms with Crippen LogP contribution in [0.3, 0.4) is 0 Å². The largest absolute Gasteiger partial charge is 0.369 e. The van der Waals surface area contributed by atoms with Gasteiger partial charge in [-0.2, -0.15) is 0 Å². The minimum Gasteiger partial charge on any atom is -0.369 e. The zero-order chi connectivity index (χ0) is 17.9. The van der Waals surface area contributed by atoms with Crippen molar-refractivity contribution in [3.63, 3.8) is 0 Å². The number of halogens is 1. The van der Waals surface area contributed by atoms with Crippen molar-refractivity contribution in [1.82, 2.24) is 9.88 Å². The van der Waals surface area contributed by atoms with E-state index in [1.807, 2.05) is 26.2 Å². The van der Waals surface area contributed by atoms with Crippen LogP contribution in [0.5, 0.6) is 0 Å². The first-order valence-corrected chi connectivity index (χ1v) is 10.4. The van der Waals surface area contributed by atoms with E-state index < -0.39 is 0 Å². The number of pyridine rings is 1. The number of aromatic nitrogens is 1. The Balaban J connectivity index is 0.000000880. The second kappa shape index (κ2) is 8.17. The van der Waals surface area contributed by atoms with E-state index in [0.29, 0.717) is 0 Å². The van der Waals surface area contributed by atoms with E-state index in [-0.39, 0.29) is 5.60 Å². The van der Waals surface area contributed by atoms with Gasteiger partial charge >= 0.3 is 0 Å². The summed E-state index contributed by atoms with van der Waals surface area (Å²) in [4.78, 5) is 8.10. The number of thiophene rings is 1. The maximum Gasteiger partial charge on any atom is 0.105 e. The highest BCUT2D eigenvalue weighted by molar-refractivity contribution is 7.16. The lowest BCUT2D eigenvalue weighted by atomic mass is 9.85. The number of ether oxygens (including phenoxy) is 1. The molecule has 2 aromatic heterocycles. The van der Waals surface area contributed by atoms with Crippen LogP contribution < -0.4 is 0 Å². The summed E-state index contributed by atoms with van der Waals surface area (Å²) >= 11 is 7.97. The van der Waals surface area contributed by atoms with Gasteiger partial charge in [0.25, 0.3) is 0 Å².